The van der Waals surface area contributed by atoms with E-state index in [1.807, 2.05) is 71.4 Å². The molecule has 0 aliphatic carbocycles. The van der Waals surface area contributed by atoms with Gasteiger partial charge in [-0.25, -0.2) is 0 Å². The number of rotatable bonds is 4. The van der Waals surface area contributed by atoms with Crippen molar-refractivity contribution in [2.45, 2.75) is 19.4 Å². The molecule has 5 aromatic rings. The lowest BCUT2D eigenvalue weighted by atomic mass is 10.00. The van der Waals surface area contributed by atoms with E-state index in [0.717, 1.165) is 38.5 Å². The SMILES string of the molecule is CC(Cc1ccc2ccccc2n1)n1ccc2cccc(-c3ccncc3)c2c1=O. The molecule has 3 aromatic heterocycles. The summed E-state index contributed by atoms with van der Waals surface area (Å²) in [6, 6.07) is 24.1. The Balaban J connectivity index is 1.56. The first-order chi connectivity index (χ1) is 14.7. The number of hydrogen-bond acceptors (Lipinski definition) is 3. The van der Waals surface area contributed by atoms with Crippen molar-refractivity contribution in [3.8, 4) is 11.1 Å². The van der Waals surface area contributed by atoms with Crippen LogP contribution in [-0.4, -0.2) is 14.5 Å². The van der Waals surface area contributed by atoms with Gasteiger partial charge in [-0.15, -0.1) is 0 Å². The number of benzene rings is 2. The zero-order chi connectivity index (χ0) is 20.5. The third kappa shape index (κ3) is 3.26. The van der Waals surface area contributed by atoms with Crippen LogP contribution in [0, 0.1) is 0 Å². The molecule has 4 heteroatoms. The standard InChI is InChI=1S/C26H21N3O/c1-18(17-22-10-9-20-5-2-3-8-24(20)28-22)29-16-13-21-6-4-7-23(25(21)26(29)30)19-11-14-27-15-12-19/h2-16,18H,17H2,1H3. The summed E-state index contributed by atoms with van der Waals surface area (Å²) < 4.78 is 1.82. The zero-order valence-corrected chi connectivity index (χ0v) is 16.7. The molecule has 1 atom stereocenters. The molecule has 0 bridgehead atoms. The van der Waals surface area contributed by atoms with E-state index in [1.54, 1.807) is 12.4 Å². The van der Waals surface area contributed by atoms with E-state index in [0.29, 0.717) is 6.42 Å². The van der Waals surface area contributed by atoms with Crippen LogP contribution in [0.15, 0.2) is 96.2 Å². The fraction of sp³-hybridized carbons (Fsp3) is 0.115. The summed E-state index contributed by atoms with van der Waals surface area (Å²) in [5, 5.41) is 2.81. The Morgan fingerprint density at radius 2 is 1.67 bits per heavy atom. The van der Waals surface area contributed by atoms with Gasteiger partial charge in [-0.1, -0.05) is 42.5 Å². The molecule has 5 rings (SSSR count). The van der Waals surface area contributed by atoms with Crippen molar-refractivity contribution in [3.63, 3.8) is 0 Å². The van der Waals surface area contributed by atoms with Crippen LogP contribution in [0.4, 0.5) is 0 Å². The summed E-state index contributed by atoms with van der Waals surface area (Å²) in [6.45, 7) is 2.07. The highest BCUT2D eigenvalue weighted by molar-refractivity contribution is 5.95. The predicted molar refractivity (Wildman–Crippen MR) is 122 cm³/mol. The molecule has 0 saturated carbocycles. The van der Waals surface area contributed by atoms with E-state index in [9.17, 15) is 4.79 Å². The van der Waals surface area contributed by atoms with Gasteiger partial charge in [-0.2, -0.15) is 0 Å². The molecule has 0 saturated heterocycles. The average Bonchev–Trinajstić information content (AvgIpc) is 2.79. The minimum Gasteiger partial charge on any atom is -0.312 e. The average molecular weight is 391 g/mol. The number of nitrogens with zero attached hydrogens (tertiary/aromatic N) is 3. The second-order valence-electron chi connectivity index (χ2n) is 7.58. The lowest BCUT2D eigenvalue weighted by Crippen LogP contribution is -2.24. The molecule has 1 unspecified atom stereocenters. The van der Waals surface area contributed by atoms with Crippen LogP contribution in [0.5, 0.6) is 0 Å². The van der Waals surface area contributed by atoms with Crippen LogP contribution in [0.25, 0.3) is 32.8 Å². The second kappa shape index (κ2) is 7.56. The molecule has 30 heavy (non-hydrogen) atoms. The third-order valence-electron chi connectivity index (χ3n) is 5.59. The van der Waals surface area contributed by atoms with Crippen LogP contribution in [0.1, 0.15) is 18.7 Å². The first-order valence-corrected chi connectivity index (χ1v) is 10.1. The molecule has 0 N–H and O–H groups in total. The van der Waals surface area contributed by atoms with Gasteiger partial charge in [0.1, 0.15) is 0 Å². The quantitative estimate of drug-likeness (QED) is 0.411. The van der Waals surface area contributed by atoms with Gasteiger partial charge < -0.3 is 4.57 Å². The Morgan fingerprint density at radius 1 is 0.867 bits per heavy atom. The minimum absolute atomic E-state index is 0.0129. The van der Waals surface area contributed by atoms with Gasteiger partial charge in [-0.05, 0) is 53.8 Å². The van der Waals surface area contributed by atoms with Gasteiger partial charge >= 0.3 is 0 Å². The predicted octanol–water partition coefficient (Wildman–Crippen LogP) is 5.42. The maximum Gasteiger partial charge on any atom is 0.259 e. The van der Waals surface area contributed by atoms with Crippen LogP contribution < -0.4 is 5.56 Å². The van der Waals surface area contributed by atoms with E-state index in [1.165, 1.54) is 0 Å². The Bertz CT molecular complexity index is 1410. The number of fused-ring (bicyclic) bond motifs is 2. The van der Waals surface area contributed by atoms with E-state index in [2.05, 4.69) is 24.0 Å². The lowest BCUT2D eigenvalue weighted by molar-refractivity contribution is 0.525. The zero-order valence-electron chi connectivity index (χ0n) is 16.7. The summed E-state index contributed by atoms with van der Waals surface area (Å²) in [6.07, 6.45) is 6.09. The molecule has 0 aliphatic heterocycles. The van der Waals surface area contributed by atoms with Crippen molar-refractivity contribution in [1.82, 2.24) is 14.5 Å². The molecule has 146 valence electrons. The molecule has 0 amide bonds. The molecule has 0 radical (unpaired) electrons. The smallest absolute Gasteiger partial charge is 0.259 e. The molecular formula is C26H21N3O. The number of hydrogen-bond donors (Lipinski definition) is 0. The topological polar surface area (TPSA) is 47.8 Å². The Morgan fingerprint density at radius 3 is 2.53 bits per heavy atom. The van der Waals surface area contributed by atoms with Gasteiger partial charge in [0.25, 0.3) is 5.56 Å². The largest absolute Gasteiger partial charge is 0.312 e. The van der Waals surface area contributed by atoms with E-state index in [4.69, 9.17) is 4.98 Å². The Kier molecular flexibility index (Phi) is 4.60. The van der Waals surface area contributed by atoms with Crippen LogP contribution in [0.2, 0.25) is 0 Å². The number of para-hydroxylation sites is 1. The van der Waals surface area contributed by atoms with Crippen LogP contribution >= 0.6 is 0 Å². The highest BCUT2D eigenvalue weighted by Crippen LogP contribution is 2.26. The van der Waals surface area contributed by atoms with Gasteiger partial charge in [0.15, 0.2) is 0 Å². The summed E-state index contributed by atoms with van der Waals surface area (Å²) in [5.41, 5.74) is 3.91. The first kappa shape index (κ1) is 18.3. The Hall–Kier alpha value is -3.79. The van der Waals surface area contributed by atoms with Gasteiger partial charge in [-0.3, -0.25) is 14.8 Å². The second-order valence-corrected chi connectivity index (χ2v) is 7.58. The number of aromatic nitrogens is 3. The summed E-state index contributed by atoms with van der Waals surface area (Å²) in [4.78, 5) is 22.4. The molecule has 0 fully saturated rings. The monoisotopic (exact) mass is 391 g/mol. The first-order valence-electron chi connectivity index (χ1n) is 10.1. The molecule has 4 nitrogen and oxygen atoms in total. The van der Waals surface area contributed by atoms with Gasteiger partial charge in [0, 0.05) is 42.1 Å². The van der Waals surface area contributed by atoms with Gasteiger partial charge in [0.2, 0.25) is 0 Å². The molecule has 0 aliphatic rings. The lowest BCUT2D eigenvalue weighted by Gasteiger charge is -2.17. The highest BCUT2D eigenvalue weighted by atomic mass is 16.1. The van der Waals surface area contributed by atoms with Crippen LogP contribution in [-0.2, 0) is 6.42 Å². The minimum atomic E-state index is -0.0129. The van der Waals surface area contributed by atoms with E-state index < -0.39 is 0 Å². The summed E-state index contributed by atoms with van der Waals surface area (Å²) in [5.74, 6) is 0. The summed E-state index contributed by atoms with van der Waals surface area (Å²) in [7, 11) is 0. The number of pyridine rings is 3. The molecule has 3 heterocycles. The fourth-order valence-corrected chi connectivity index (χ4v) is 4.05. The van der Waals surface area contributed by atoms with E-state index in [-0.39, 0.29) is 11.6 Å². The van der Waals surface area contributed by atoms with Crippen molar-refractivity contribution >= 4 is 21.7 Å². The molecular weight excluding hydrogens is 370 g/mol. The highest BCUT2D eigenvalue weighted by Gasteiger charge is 2.14. The normalized spacial score (nSPS) is 12.3. The van der Waals surface area contributed by atoms with Crippen molar-refractivity contribution in [1.29, 1.82) is 0 Å². The molecule has 0 spiro atoms. The fourth-order valence-electron chi connectivity index (χ4n) is 4.05. The Labute approximate surface area is 174 Å². The maximum atomic E-state index is 13.5. The maximum absolute atomic E-state index is 13.5. The van der Waals surface area contributed by atoms with Crippen molar-refractivity contribution < 1.29 is 0 Å². The van der Waals surface area contributed by atoms with Crippen LogP contribution in [0.3, 0.4) is 0 Å². The van der Waals surface area contributed by atoms with Crippen molar-refractivity contribution in [2.24, 2.45) is 0 Å². The molecule has 2 aromatic carbocycles. The van der Waals surface area contributed by atoms with Crippen molar-refractivity contribution in [3.05, 3.63) is 107 Å². The summed E-state index contributed by atoms with van der Waals surface area (Å²) >= 11 is 0. The van der Waals surface area contributed by atoms with Crippen molar-refractivity contribution in [2.75, 3.05) is 0 Å². The third-order valence-corrected chi connectivity index (χ3v) is 5.59. The van der Waals surface area contributed by atoms with E-state index >= 15 is 0 Å². The van der Waals surface area contributed by atoms with Gasteiger partial charge in [0.05, 0.1) is 10.9 Å².